The predicted molar refractivity (Wildman–Crippen MR) is 101 cm³/mol. The van der Waals surface area contributed by atoms with Crippen LogP contribution in [0.1, 0.15) is 12.8 Å². The lowest BCUT2D eigenvalue weighted by Crippen LogP contribution is -2.39. The highest BCUT2D eigenvalue weighted by Crippen LogP contribution is 2.34. The molecule has 6 heteroatoms. The van der Waals surface area contributed by atoms with Crippen LogP contribution in [0.4, 0.5) is 5.69 Å². The molecule has 4 heterocycles. The molecule has 0 spiro atoms. The third-order valence-electron chi connectivity index (χ3n) is 5.19. The molecule has 3 fully saturated rings. The van der Waals surface area contributed by atoms with Crippen LogP contribution < -0.4 is 24.4 Å². The molecule has 1 aromatic heterocycles. The second-order valence-electron chi connectivity index (χ2n) is 6.95. The van der Waals surface area contributed by atoms with Gasteiger partial charge in [-0.05, 0) is 37.4 Å². The fraction of sp³-hybridized carbons (Fsp3) is 0.450. The van der Waals surface area contributed by atoms with Crippen LogP contribution in [0.3, 0.4) is 0 Å². The highest BCUT2D eigenvalue weighted by Gasteiger charge is 2.29. The summed E-state index contributed by atoms with van der Waals surface area (Å²) in [6, 6.07) is 8.16. The number of piperidine rings is 1. The van der Waals surface area contributed by atoms with Gasteiger partial charge in [-0.25, -0.2) is 0 Å². The number of fused-ring (bicyclic) bond motifs is 4. The van der Waals surface area contributed by atoms with Crippen molar-refractivity contribution in [2.75, 3.05) is 38.8 Å². The molecule has 2 bridgehead atoms. The van der Waals surface area contributed by atoms with Gasteiger partial charge in [-0.15, -0.1) is 0 Å². The Morgan fingerprint density at radius 1 is 1.00 bits per heavy atom. The average Bonchev–Trinajstić information content (AvgIpc) is 3.02. The molecule has 1 N–H and O–H groups in total. The number of hydrogen-bond donors (Lipinski definition) is 1. The molecule has 2 atom stereocenters. The zero-order valence-electron chi connectivity index (χ0n) is 15.3. The molecule has 6 nitrogen and oxygen atoms in total. The summed E-state index contributed by atoms with van der Waals surface area (Å²) < 4.78 is 16.6. The van der Waals surface area contributed by atoms with Gasteiger partial charge in [0.1, 0.15) is 11.5 Å². The quantitative estimate of drug-likeness (QED) is 0.890. The topological polar surface area (TPSA) is 55.9 Å². The van der Waals surface area contributed by atoms with E-state index in [2.05, 4.69) is 21.3 Å². The SMILES string of the molecule is COc1ccc(Oc2cncc(N3CC4CCC(C3)NC4)c2)cc1OC. The predicted octanol–water partition coefficient (Wildman–Crippen LogP) is 3.08. The van der Waals surface area contributed by atoms with Gasteiger partial charge in [-0.2, -0.15) is 0 Å². The van der Waals surface area contributed by atoms with E-state index in [0.717, 1.165) is 31.1 Å². The molecule has 3 saturated heterocycles. The molecule has 0 radical (unpaired) electrons. The smallest absolute Gasteiger partial charge is 0.164 e. The van der Waals surface area contributed by atoms with Crippen LogP contribution in [-0.2, 0) is 0 Å². The number of nitrogens with zero attached hydrogens (tertiary/aromatic N) is 2. The molecular formula is C20H25N3O3. The normalized spacial score (nSPS) is 22.0. The molecule has 3 aliphatic rings. The van der Waals surface area contributed by atoms with Crippen LogP contribution in [0, 0.1) is 5.92 Å². The molecule has 0 amide bonds. The number of rotatable bonds is 5. The first kappa shape index (κ1) is 17.0. The zero-order chi connectivity index (χ0) is 17.9. The maximum Gasteiger partial charge on any atom is 0.164 e. The monoisotopic (exact) mass is 355 g/mol. The number of ether oxygens (including phenoxy) is 3. The first-order chi connectivity index (χ1) is 12.7. The van der Waals surface area contributed by atoms with Crippen molar-refractivity contribution in [3.8, 4) is 23.0 Å². The minimum absolute atomic E-state index is 0.573. The number of hydrogen-bond acceptors (Lipinski definition) is 6. The molecule has 3 aliphatic heterocycles. The fourth-order valence-electron chi connectivity index (χ4n) is 3.80. The van der Waals surface area contributed by atoms with Gasteiger partial charge in [-0.3, -0.25) is 4.98 Å². The van der Waals surface area contributed by atoms with Crippen molar-refractivity contribution >= 4 is 5.69 Å². The highest BCUT2D eigenvalue weighted by molar-refractivity contribution is 5.51. The van der Waals surface area contributed by atoms with E-state index in [-0.39, 0.29) is 0 Å². The van der Waals surface area contributed by atoms with Crippen LogP contribution in [0.25, 0.3) is 0 Å². The summed E-state index contributed by atoms with van der Waals surface area (Å²) in [6.45, 7) is 3.22. The molecule has 5 rings (SSSR count). The second-order valence-corrected chi connectivity index (χ2v) is 6.95. The van der Waals surface area contributed by atoms with Crippen LogP contribution in [0.15, 0.2) is 36.7 Å². The Labute approximate surface area is 154 Å². The lowest BCUT2D eigenvalue weighted by Gasteiger charge is -2.24. The number of aromatic nitrogens is 1. The van der Waals surface area contributed by atoms with Gasteiger partial charge >= 0.3 is 0 Å². The van der Waals surface area contributed by atoms with Crippen LogP contribution in [-0.4, -0.2) is 44.9 Å². The summed E-state index contributed by atoms with van der Waals surface area (Å²) in [5.74, 6) is 3.45. The minimum atomic E-state index is 0.573. The van der Waals surface area contributed by atoms with E-state index in [0.29, 0.717) is 29.2 Å². The molecule has 26 heavy (non-hydrogen) atoms. The summed E-state index contributed by atoms with van der Waals surface area (Å²) in [7, 11) is 3.24. The van der Waals surface area contributed by atoms with Crippen molar-refractivity contribution in [1.82, 2.24) is 10.3 Å². The number of anilines is 1. The number of nitrogens with one attached hydrogen (secondary N) is 1. The zero-order valence-corrected chi connectivity index (χ0v) is 15.3. The van der Waals surface area contributed by atoms with Crippen molar-refractivity contribution in [1.29, 1.82) is 0 Å². The lowest BCUT2D eigenvalue weighted by molar-refractivity contribution is 0.352. The van der Waals surface area contributed by atoms with Gasteiger partial charge in [0.25, 0.3) is 0 Å². The third kappa shape index (κ3) is 3.55. The Hall–Kier alpha value is -2.47. The van der Waals surface area contributed by atoms with Crippen molar-refractivity contribution in [2.45, 2.75) is 18.9 Å². The largest absolute Gasteiger partial charge is 0.493 e. The summed E-state index contributed by atoms with van der Waals surface area (Å²) in [5.41, 5.74) is 1.11. The van der Waals surface area contributed by atoms with Crippen LogP contribution in [0.2, 0.25) is 0 Å². The molecule has 1 aromatic carbocycles. The van der Waals surface area contributed by atoms with E-state index < -0.39 is 0 Å². The Balaban J connectivity index is 1.53. The van der Waals surface area contributed by atoms with Gasteiger partial charge in [-0.1, -0.05) is 0 Å². The standard InChI is InChI=1S/C20H25N3O3/c1-24-19-6-5-17(8-20(19)25-2)26-18-7-16(10-21-11-18)23-12-14-3-4-15(13-23)22-9-14/h5-8,10-11,14-15,22H,3-4,9,12-13H2,1-2H3. The van der Waals surface area contributed by atoms with E-state index in [1.54, 1.807) is 20.4 Å². The van der Waals surface area contributed by atoms with Crippen molar-refractivity contribution in [3.63, 3.8) is 0 Å². The molecule has 2 unspecified atom stereocenters. The van der Waals surface area contributed by atoms with Gasteiger partial charge in [0.05, 0.1) is 32.3 Å². The van der Waals surface area contributed by atoms with E-state index >= 15 is 0 Å². The van der Waals surface area contributed by atoms with Crippen molar-refractivity contribution < 1.29 is 14.2 Å². The van der Waals surface area contributed by atoms with E-state index in [9.17, 15) is 0 Å². The average molecular weight is 355 g/mol. The Bertz CT molecular complexity index is 746. The van der Waals surface area contributed by atoms with Crippen molar-refractivity contribution in [3.05, 3.63) is 36.7 Å². The number of methoxy groups -OCH3 is 2. The van der Waals surface area contributed by atoms with Gasteiger partial charge in [0.15, 0.2) is 11.5 Å². The van der Waals surface area contributed by atoms with Gasteiger partial charge < -0.3 is 24.4 Å². The minimum Gasteiger partial charge on any atom is -0.493 e. The van der Waals surface area contributed by atoms with Crippen molar-refractivity contribution in [2.24, 2.45) is 5.92 Å². The molecular weight excluding hydrogens is 330 g/mol. The van der Waals surface area contributed by atoms with E-state index in [1.807, 2.05) is 24.4 Å². The lowest BCUT2D eigenvalue weighted by atomic mass is 9.97. The number of pyridine rings is 1. The fourth-order valence-corrected chi connectivity index (χ4v) is 3.80. The number of benzene rings is 1. The van der Waals surface area contributed by atoms with Gasteiger partial charge in [0.2, 0.25) is 0 Å². The Morgan fingerprint density at radius 3 is 2.65 bits per heavy atom. The van der Waals surface area contributed by atoms with Crippen LogP contribution >= 0.6 is 0 Å². The van der Waals surface area contributed by atoms with E-state index in [4.69, 9.17) is 14.2 Å². The third-order valence-corrected chi connectivity index (χ3v) is 5.19. The molecule has 138 valence electrons. The Kier molecular flexibility index (Phi) is 4.84. The second kappa shape index (κ2) is 7.41. The summed E-state index contributed by atoms with van der Waals surface area (Å²) in [5, 5.41) is 3.64. The summed E-state index contributed by atoms with van der Waals surface area (Å²) in [4.78, 5) is 6.82. The molecule has 2 aromatic rings. The summed E-state index contributed by atoms with van der Waals surface area (Å²) in [6.07, 6.45) is 6.23. The van der Waals surface area contributed by atoms with E-state index in [1.165, 1.54) is 12.8 Å². The van der Waals surface area contributed by atoms with Gasteiger partial charge in [0, 0.05) is 31.3 Å². The van der Waals surface area contributed by atoms with Crippen LogP contribution in [0.5, 0.6) is 23.0 Å². The highest BCUT2D eigenvalue weighted by atomic mass is 16.5. The Morgan fingerprint density at radius 2 is 1.88 bits per heavy atom. The summed E-state index contributed by atoms with van der Waals surface area (Å²) >= 11 is 0. The first-order valence-corrected chi connectivity index (χ1v) is 9.08. The molecule has 0 aliphatic carbocycles. The maximum absolute atomic E-state index is 6.01. The maximum atomic E-state index is 6.01. The first-order valence-electron chi connectivity index (χ1n) is 9.08. The molecule has 0 saturated carbocycles.